The van der Waals surface area contributed by atoms with Crippen LogP contribution in [0.5, 0.6) is 0 Å². The molecule has 2 aromatic rings. The summed E-state index contributed by atoms with van der Waals surface area (Å²) in [6, 6.07) is 8.22. The summed E-state index contributed by atoms with van der Waals surface area (Å²) in [4.78, 5) is 11.0. The standard InChI is InChI=1S/C15H18ClNO/c1-10(2)15(13(16)9-18)12-8-17(3)14-7-5-4-6-11(12)14/h4-10,13,15H,1-3H3/t13-,15-/m0/s1. The molecule has 1 heterocycles. The maximum absolute atomic E-state index is 11.0. The van der Waals surface area contributed by atoms with E-state index in [9.17, 15) is 4.79 Å². The highest BCUT2D eigenvalue weighted by Gasteiger charge is 2.27. The molecule has 96 valence electrons. The van der Waals surface area contributed by atoms with Crippen molar-refractivity contribution < 1.29 is 4.79 Å². The van der Waals surface area contributed by atoms with Crippen molar-refractivity contribution >= 4 is 28.8 Å². The highest BCUT2D eigenvalue weighted by Crippen LogP contribution is 2.35. The van der Waals surface area contributed by atoms with Gasteiger partial charge in [0.05, 0.1) is 5.38 Å². The van der Waals surface area contributed by atoms with E-state index in [4.69, 9.17) is 11.6 Å². The van der Waals surface area contributed by atoms with Gasteiger partial charge in [-0.25, -0.2) is 0 Å². The zero-order valence-corrected chi connectivity index (χ0v) is 11.7. The molecule has 2 nitrogen and oxygen atoms in total. The number of hydrogen-bond donors (Lipinski definition) is 0. The number of para-hydroxylation sites is 1. The van der Waals surface area contributed by atoms with Crippen LogP contribution in [0.1, 0.15) is 25.3 Å². The zero-order valence-electron chi connectivity index (χ0n) is 10.9. The first-order chi connectivity index (χ1) is 8.56. The van der Waals surface area contributed by atoms with Crippen LogP contribution in [-0.4, -0.2) is 16.2 Å². The fourth-order valence-corrected chi connectivity index (χ4v) is 3.05. The second kappa shape index (κ2) is 5.15. The fraction of sp³-hybridized carbons (Fsp3) is 0.400. The van der Waals surface area contributed by atoms with Crippen LogP contribution in [-0.2, 0) is 11.8 Å². The summed E-state index contributed by atoms with van der Waals surface area (Å²) in [5.74, 6) is 0.374. The normalized spacial score (nSPS) is 14.9. The highest BCUT2D eigenvalue weighted by molar-refractivity contribution is 6.28. The molecule has 1 aromatic heterocycles. The van der Waals surface area contributed by atoms with E-state index in [1.54, 1.807) is 0 Å². The maximum atomic E-state index is 11.0. The summed E-state index contributed by atoms with van der Waals surface area (Å²) in [6.07, 6.45) is 2.93. The lowest BCUT2D eigenvalue weighted by Crippen LogP contribution is -2.19. The predicted octanol–water partition coefficient (Wildman–Crippen LogP) is 3.72. The smallest absolute Gasteiger partial charge is 0.138 e. The monoisotopic (exact) mass is 263 g/mol. The number of hydrogen-bond acceptors (Lipinski definition) is 1. The zero-order chi connectivity index (χ0) is 13.3. The van der Waals surface area contributed by atoms with E-state index in [0.717, 1.165) is 11.8 Å². The van der Waals surface area contributed by atoms with Crippen molar-refractivity contribution in [2.45, 2.75) is 25.1 Å². The Morgan fingerprint density at radius 2 is 1.94 bits per heavy atom. The van der Waals surface area contributed by atoms with Gasteiger partial charge in [-0.3, -0.25) is 0 Å². The molecule has 0 bridgehead atoms. The number of aromatic nitrogens is 1. The molecular formula is C15H18ClNO. The van der Waals surface area contributed by atoms with Crippen LogP contribution in [0.4, 0.5) is 0 Å². The van der Waals surface area contributed by atoms with Gasteiger partial charge in [0.1, 0.15) is 6.29 Å². The molecule has 0 aliphatic heterocycles. The Morgan fingerprint density at radius 1 is 1.28 bits per heavy atom. The number of halogens is 1. The fourth-order valence-electron chi connectivity index (χ4n) is 2.62. The second-order valence-corrected chi connectivity index (χ2v) is 5.57. The van der Waals surface area contributed by atoms with Crippen LogP contribution >= 0.6 is 11.6 Å². The summed E-state index contributed by atoms with van der Waals surface area (Å²) < 4.78 is 2.09. The molecule has 0 aliphatic rings. The van der Waals surface area contributed by atoms with E-state index in [0.29, 0.717) is 5.92 Å². The Bertz CT molecular complexity index is 559. The molecule has 0 fully saturated rings. The third-order valence-corrected chi connectivity index (χ3v) is 3.85. The summed E-state index contributed by atoms with van der Waals surface area (Å²) in [5, 5.41) is 0.710. The minimum absolute atomic E-state index is 0.0512. The van der Waals surface area contributed by atoms with Gasteiger partial charge in [-0.15, -0.1) is 11.6 Å². The number of alkyl halides is 1. The number of fused-ring (bicyclic) bond motifs is 1. The van der Waals surface area contributed by atoms with E-state index >= 15 is 0 Å². The van der Waals surface area contributed by atoms with Gasteiger partial charge in [-0.05, 0) is 17.5 Å². The molecule has 0 unspecified atom stereocenters. The molecule has 0 N–H and O–H groups in total. The molecule has 0 aliphatic carbocycles. The van der Waals surface area contributed by atoms with Gasteiger partial charge >= 0.3 is 0 Å². The highest BCUT2D eigenvalue weighted by atomic mass is 35.5. The molecule has 0 amide bonds. The molecule has 0 radical (unpaired) electrons. The molecule has 0 saturated carbocycles. The van der Waals surface area contributed by atoms with Gasteiger partial charge in [0.2, 0.25) is 0 Å². The molecule has 2 atom stereocenters. The van der Waals surface area contributed by atoms with Crippen molar-refractivity contribution in [3.05, 3.63) is 36.0 Å². The molecule has 18 heavy (non-hydrogen) atoms. The van der Waals surface area contributed by atoms with Crippen molar-refractivity contribution in [2.75, 3.05) is 0 Å². The van der Waals surface area contributed by atoms with Crippen molar-refractivity contribution in [2.24, 2.45) is 13.0 Å². The van der Waals surface area contributed by atoms with E-state index in [1.807, 2.05) is 19.2 Å². The van der Waals surface area contributed by atoms with Crippen molar-refractivity contribution in [1.82, 2.24) is 4.57 Å². The van der Waals surface area contributed by atoms with Crippen LogP contribution < -0.4 is 0 Å². The van der Waals surface area contributed by atoms with Crippen LogP contribution in [0.15, 0.2) is 30.5 Å². The molecule has 0 spiro atoms. The summed E-state index contributed by atoms with van der Waals surface area (Å²) >= 11 is 6.19. The average molecular weight is 264 g/mol. The molecule has 1 aromatic carbocycles. The van der Waals surface area contributed by atoms with Gasteiger partial charge in [0.15, 0.2) is 0 Å². The Hall–Kier alpha value is -1.28. The molecule has 2 rings (SSSR count). The van der Waals surface area contributed by atoms with Gasteiger partial charge in [-0.2, -0.15) is 0 Å². The Balaban J connectivity index is 2.61. The third kappa shape index (κ3) is 2.17. The Morgan fingerprint density at radius 3 is 2.56 bits per heavy atom. The van der Waals surface area contributed by atoms with Gasteiger partial charge in [0.25, 0.3) is 0 Å². The number of benzene rings is 1. The topological polar surface area (TPSA) is 22.0 Å². The van der Waals surface area contributed by atoms with Crippen molar-refractivity contribution in [1.29, 1.82) is 0 Å². The van der Waals surface area contributed by atoms with Crippen molar-refractivity contribution in [3.63, 3.8) is 0 Å². The van der Waals surface area contributed by atoms with Gasteiger partial charge in [-0.1, -0.05) is 32.0 Å². The largest absolute Gasteiger partial charge is 0.350 e. The third-order valence-electron chi connectivity index (χ3n) is 3.48. The minimum Gasteiger partial charge on any atom is -0.350 e. The first kappa shape index (κ1) is 13.2. The lowest BCUT2D eigenvalue weighted by atomic mass is 9.86. The summed E-state index contributed by atoms with van der Waals surface area (Å²) in [5.41, 5.74) is 2.34. The quantitative estimate of drug-likeness (QED) is 0.609. The lowest BCUT2D eigenvalue weighted by molar-refractivity contribution is -0.108. The number of carbonyl (C=O) groups is 1. The number of rotatable bonds is 4. The minimum atomic E-state index is -0.476. The van der Waals surface area contributed by atoms with Crippen molar-refractivity contribution in [3.8, 4) is 0 Å². The van der Waals surface area contributed by atoms with Crippen LogP contribution in [0.3, 0.4) is 0 Å². The van der Waals surface area contributed by atoms with Crippen LogP contribution in [0.2, 0.25) is 0 Å². The van der Waals surface area contributed by atoms with Crippen LogP contribution in [0, 0.1) is 5.92 Å². The molecule has 0 saturated heterocycles. The van der Waals surface area contributed by atoms with Gasteiger partial charge < -0.3 is 9.36 Å². The number of nitrogens with zero attached hydrogens (tertiary/aromatic N) is 1. The number of carbonyl (C=O) groups excluding carboxylic acids is 1. The van der Waals surface area contributed by atoms with Crippen LogP contribution in [0.25, 0.3) is 10.9 Å². The molecule has 3 heteroatoms. The Kier molecular flexibility index (Phi) is 3.76. The second-order valence-electron chi connectivity index (χ2n) is 5.06. The maximum Gasteiger partial charge on any atom is 0.138 e. The van der Waals surface area contributed by atoms with E-state index in [2.05, 4.69) is 36.7 Å². The number of aldehydes is 1. The average Bonchev–Trinajstić information content (AvgIpc) is 2.67. The first-order valence-corrected chi connectivity index (χ1v) is 6.63. The Labute approximate surface area is 113 Å². The number of aryl methyl sites for hydroxylation is 1. The van der Waals surface area contributed by atoms with Gasteiger partial charge in [0, 0.05) is 30.1 Å². The summed E-state index contributed by atoms with van der Waals surface area (Å²) in [6.45, 7) is 4.20. The van der Waals surface area contributed by atoms with E-state index in [-0.39, 0.29) is 5.92 Å². The SMILES string of the molecule is CC(C)[C@@H](c1cn(C)c2ccccc12)[C@@H](Cl)C=O. The lowest BCUT2D eigenvalue weighted by Gasteiger charge is -2.22. The summed E-state index contributed by atoms with van der Waals surface area (Å²) in [7, 11) is 2.02. The van der Waals surface area contributed by atoms with E-state index in [1.165, 1.54) is 10.9 Å². The predicted molar refractivity (Wildman–Crippen MR) is 76.2 cm³/mol. The van der Waals surface area contributed by atoms with E-state index < -0.39 is 5.38 Å². The molecular weight excluding hydrogens is 246 g/mol. The first-order valence-electron chi connectivity index (χ1n) is 6.19.